The quantitative estimate of drug-likeness (QED) is 0.320. The maximum atomic E-state index is 13.5. The van der Waals surface area contributed by atoms with E-state index in [0.29, 0.717) is 24.3 Å². The summed E-state index contributed by atoms with van der Waals surface area (Å²) in [5.74, 6) is -0.328. The molecule has 4 rings (SSSR count). The topological polar surface area (TPSA) is 42.4 Å². The fourth-order valence-corrected chi connectivity index (χ4v) is 5.96. The highest BCUT2D eigenvalue weighted by Crippen LogP contribution is 2.46. The second-order valence-electron chi connectivity index (χ2n) is 12.3. The van der Waals surface area contributed by atoms with Gasteiger partial charge >= 0.3 is 12.4 Å². The molecule has 1 saturated heterocycles. The van der Waals surface area contributed by atoms with Gasteiger partial charge in [0.25, 0.3) is 0 Å². The van der Waals surface area contributed by atoms with E-state index >= 15 is 0 Å². The molecule has 0 N–H and O–H groups in total. The SMILES string of the molecule is COc1ccc(C(C)C)nc1C1=C(CN2C(=O)CC(c3cc(C(F)(F)F)cc(C(F)(F)F)c3)C2C)CC(C)(C)CC1. The lowest BCUT2D eigenvalue weighted by Gasteiger charge is -2.36. The number of ether oxygens (including phenoxy) is 1. The van der Waals surface area contributed by atoms with Crippen molar-refractivity contribution in [3.8, 4) is 5.75 Å². The second-order valence-corrected chi connectivity index (χ2v) is 12.3. The first-order valence-corrected chi connectivity index (χ1v) is 13.8. The molecule has 2 unspecified atom stereocenters. The van der Waals surface area contributed by atoms with Gasteiger partial charge in [-0.2, -0.15) is 26.3 Å². The van der Waals surface area contributed by atoms with E-state index in [0.717, 1.165) is 35.4 Å². The molecule has 1 amide bonds. The number of hydrogen-bond acceptors (Lipinski definition) is 3. The molecule has 4 nitrogen and oxygen atoms in total. The maximum absolute atomic E-state index is 13.5. The summed E-state index contributed by atoms with van der Waals surface area (Å²) in [6, 6.07) is 4.80. The van der Waals surface area contributed by atoms with Gasteiger partial charge in [0.15, 0.2) is 0 Å². The minimum absolute atomic E-state index is 0.0597. The Morgan fingerprint density at radius 1 is 1.05 bits per heavy atom. The van der Waals surface area contributed by atoms with E-state index in [-0.39, 0.29) is 41.8 Å². The number of carbonyl (C=O) groups excluding carboxylic acids is 1. The molecule has 0 saturated carbocycles. The Labute approximate surface area is 236 Å². The maximum Gasteiger partial charge on any atom is 0.416 e. The highest BCUT2D eigenvalue weighted by atomic mass is 19.4. The third kappa shape index (κ3) is 6.56. The molecule has 10 heteroatoms. The van der Waals surface area contributed by atoms with E-state index in [1.165, 1.54) is 0 Å². The number of amides is 1. The fraction of sp³-hybridized carbons (Fsp3) is 0.548. The molecule has 2 heterocycles. The highest BCUT2D eigenvalue weighted by Gasteiger charge is 2.43. The molecule has 1 aromatic carbocycles. The number of allylic oxidation sites excluding steroid dienone is 1. The van der Waals surface area contributed by atoms with Crippen LogP contribution in [0.15, 0.2) is 35.9 Å². The van der Waals surface area contributed by atoms with Crippen molar-refractivity contribution in [2.75, 3.05) is 13.7 Å². The number of likely N-dealkylation sites (tertiary alicyclic amines) is 1. The molecule has 1 aliphatic carbocycles. The van der Waals surface area contributed by atoms with E-state index in [4.69, 9.17) is 9.72 Å². The molecule has 2 atom stereocenters. The van der Waals surface area contributed by atoms with Gasteiger partial charge in [-0.1, -0.05) is 27.7 Å². The monoisotopic (exact) mass is 582 g/mol. The molecule has 41 heavy (non-hydrogen) atoms. The van der Waals surface area contributed by atoms with Crippen molar-refractivity contribution < 1.29 is 35.9 Å². The molecule has 224 valence electrons. The molecular formula is C31H36F6N2O2. The van der Waals surface area contributed by atoms with Gasteiger partial charge in [-0.25, -0.2) is 4.98 Å². The van der Waals surface area contributed by atoms with Crippen molar-refractivity contribution in [2.45, 2.75) is 90.5 Å². The summed E-state index contributed by atoms with van der Waals surface area (Å²) in [7, 11) is 1.57. The standard InChI is InChI=1S/C31H36F6N2O2/c1-17(2)25-7-8-26(41-6)28(38-25)23-9-10-29(4,5)15-20(23)16-39-18(3)24(14-27(39)40)19-11-21(30(32,33)34)13-22(12-19)31(35,36)37/h7-8,11-13,17-18,24H,9-10,14-16H2,1-6H3. The molecule has 0 radical (unpaired) electrons. The number of pyridine rings is 1. The lowest BCUT2D eigenvalue weighted by Crippen LogP contribution is -2.36. The van der Waals surface area contributed by atoms with Crippen LogP contribution in [0.1, 0.15) is 100 Å². The summed E-state index contributed by atoms with van der Waals surface area (Å²) in [6.07, 6.45) is -7.82. The average Bonchev–Trinajstić information content (AvgIpc) is 3.15. The molecule has 1 fully saturated rings. The highest BCUT2D eigenvalue weighted by molar-refractivity contribution is 5.82. The Balaban J connectivity index is 1.74. The third-order valence-corrected chi connectivity index (χ3v) is 8.34. The smallest absolute Gasteiger partial charge is 0.416 e. The van der Waals surface area contributed by atoms with Crippen molar-refractivity contribution in [1.82, 2.24) is 9.88 Å². The molecule has 0 spiro atoms. The second kappa shape index (κ2) is 11.0. The minimum atomic E-state index is -4.95. The van der Waals surface area contributed by atoms with Crippen LogP contribution in [0.4, 0.5) is 26.3 Å². The third-order valence-electron chi connectivity index (χ3n) is 8.34. The lowest BCUT2D eigenvalue weighted by molar-refractivity contribution is -0.143. The number of carbonyl (C=O) groups is 1. The van der Waals surface area contributed by atoms with E-state index in [1.807, 2.05) is 26.0 Å². The number of halogens is 6. The number of methoxy groups -OCH3 is 1. The Morgan fingerprint density at radius 3 is 2.20 bits per heavy atom. The van der Waals surface area contributed by atoms with Crippen LogP contribution >= 0.6 is 0 Å². The van der Waals surface area contributed by atoms with Crippen molar-refractivity contribution in [3.63, 3.8) is 0 Å². The van der Waals surface area contributed by atoms with Gasteiger partial charge < -0.3 is 9.64 Å². The summed E-state index contributed by atoms with van der Waals surface area (Å²) in [6.45, 7) is 10.3. The van der Waals surface area contributed by atoms with Crippen molar-refractivity contribution in [2.24, 2.45) is 5.41 Å². The molecule has 1 aromatic heterocycles. The predicted octanol–water partition coefficient (Wildman–Crippen LogP) is 8.62. The normalized spacial score (nSPS) is 21.7. The molecule has 2 aliphatic rings. The van der Waals surface area contributed by atoms with Crippen LogP contribution < -0.4 is 4.74 Å². The van der Waals surface area contributed by atoms with Gasteiger partial charge in [0.05, 0.1) is 18.2 Å². The van der Waals surface area contributed by atoms with Crippen LogP contribution in [-0.4, -0.2) is 35.5 Å². The van der Waals surface area contributed by atoms with Crippen LogP contribution in [0, 0.1) is 5.41 Å². The lowest BCUT2D eigenvalue weighted by atomic mass is 9.73. The Morgan fingerprint density at radius 2 is 1.66 bits per heavy atom. The first-order valence-electron chi connectivity index (χ1n) is 13.8. The molecular weight excluding hydrogens is 546 g/mol. The zero-order chi connectivity index (χ0) is 30.5. The number of alkyl halides is 6. The van der Waals surface area contributed by atoms with Crippen LogP contribution in [0.2, 0.25) is 0 Å². The van der Waals surface area contributed by atoms with Crippen molar-refractivity contribution >= 4 is 11.5 Å². The number of rotatable bonds is 6. The largest absolute Gasteiger partial charge is 0.494 e. The summed E-state index contributed by atoms with van der Waals surface area (Å²) in [4.78, 5) is 19.8. The first kappa shape index (κ1) is 30.9. The summed E-state index contributed by atoms with van der Waals surface area (Å²) < 4.78 is 86.8. The summed E-state index contributed by atoms with van der Waals surface area (Å²) in [5.41, 5.74) is 0.628. The van der Waals surface area contributed by atoms with Crippen LogP contribution in [-0.2, 0) is 17.1 Å². The molecule has 1 aliphatic heterocycles. The summed E-state index contributed by atoms with van der Waals surface area (Å²) in [5, 5.41) is 0. The van der Waals surface area contributed by atoms with Gasteiger partial charge in [0.2, 0.25) is 5.91 Å². The number of benzene rings is 1. The van der Waals surface area contributed by atoms with E-state index in [9.17, 15) is 31.1 Å². The van der Waals surface area contributed by atoms with Crippen LogP contribution in [0.5, 0.6) is 5.75 Å². The van der Waals surface area contributed by atoms with Crippen LogP contribution in [0.3, 0.4) is 0 Å². The van der Waals surface area contributed by atoms with E-state index < -0.39 is 35.4 Å². The molecule has 0 bridgehead atoms. The Kier molecular flexibility index (Phi) is 8.28. The van der Waals surface area contributed by atoms with Crippen LogP contribution in [0.25, 0.3) is 5.57 Å². The number of hydrogen-bond donors (Lipinski definition) is 0. The van der Waals surface area contributed by atoms with Gasteiger partial charge in [0.1, 0.15) is 11.4 Å². The Bertz CT molecular complexity index is 1310. The van der Waals surface area contributed by atoms with Crippen molar-refractivity contribution in [1.29, 1.82) is 0 Å². The average molecular weight is 583 g/mol. The zero-order valence-corrected chi connectivity index (χ0v) is 24.1. The van der Waals surface area contributed by atoms with Crippen molar-refractivity contribution in [3.05, 3.63) is 64.0 Å². The first-order chi connectivity index (χ1) is 18.9. The zero-order valence-electron chi connectivity index (χ0n) is 24.1. The minimum Gasteiger partial charge on any atom is -0.494 e. The number of nitrogens with zero attached hydrogens (tertiary/aromatic N) is 2. The van der Waals surface area contributed by atoms with Gasteiger partial charge in [-0.3, -0.25) is 4.79 Å². The fourth-order valence-electron chi connectivity index (χ4n) is 5.96. The van der Waals surface area contributed by atoms with E-state index in [2.05, 4.69) is 13.8 Å². The predicted molar refractivity (Wildman–Crippen MR) is 144 cm³/mol. The Hall–Kier alpha value is -3.04. The molecule has 2 aromatic rings. The van der Waals surface area contributed by atoms with Gasteiger partial charge in [0, 0.05) is 30.6 Å². The number of aromatic nitrogens is 1. The summed E-state index contributed by atoms with van der Waals surface area (Å²) >= 11 is 0. The van der Waals surface area contributed by atoms with Gasteiger partial charge in [-0.05, 0) is 84.6 Å². The van der Waals surface area contributed by atoms with Gasteiger partial charge in [-0.15, -0.1) is 0 Å². The van der Waals surface area contributed by atoms with E-state index in [1.54, 1.807) is 18.9 Å².